The molecule has 0 atom stereocenters. The van der Waals surface area contributed by atoms with E-state index in [1.54, 1.807) is 0 Å². The number of amides is 1. The first-order chi connectivity index (χ1) is 9.54. The van der Waals surface area contributed by atoms with Gasteiger partial charge in [-0.15, -0.1) is 11.6 Å². The van der Waals surface area contributed by atoms with Crippen molar-refractivity contribution in [2.45, 2.75) is 31.7 Å². The Morgan fingerprint density at radius 2 is 1.85 bits per heavy atom. The van der Waals surface area contributed by atoms with Gasteiger partial charge in [-0.05, 0) is 25.7 Å². The van der Waals surface area contributed by atoms with Crippen LogP contribution in [-0.2, 0) is 0 Å². The van der Waals surface area contributed by atoms with E-state index in [4.69, 9.17) is 11.6 Å². The maximum Gasteiger partial charge on any atom is 0.260 e. The number of halogens is 4. The third-order valence-corrected chi connectivity index (χ3v) is 3.80. The van der Waals surface area contributed by atoms with Gasteiger partial charge in [0.15, 0.2) is 0 Å². The summed E-state index contributed by atoms with van der Waals surface area (Å²) in [5, 5.41) is 0. The highest BCUT2D eigenvalue weighted by atomic mass is 35.5. The quantitative estimate of drug-likeness (QED) is 0.759. The lowest BCUT2D eigenvalue weighted by Gasteiger charge is -2.37. The van der Waals surface area contributed by atoms with Gasteiger partial charge in [-0.2, -0.15) is 0 Å². The molecule has 110 valence electrons. The summed E-state index contributed by atoms with van der Waals surface area (Å²) in [6.45, 7) is 0.350. The largest absolute Gasteiger partial charge is 0.335 e. The number of rotatable bonds is 5. The lowest BCUT2D eigenvalue weighted by molar-refractivity contribution is 0.0570. The van der Waals surface area contributed by atoms with Crippen LogP contribution in [0.2, 0.25) is 0 Å². The van der Waals surface area contributed by atoms with Gasteiger partial charge in [-0.1, -0.05) is 0 Å². The van der Waals surface area contributed by atoms with E-state index in [-0.39, 0.29) is 6.04 Å². The van der Waals surface area contributed by atoms with Crippen molar-refractivity contribution in [3.63, 3.8) is 0 Å². The first kappa shape index (κ1) is 15.2. The molecule has 20 heavy (non-hydrogen) atoms. The molecule has 0 bridgehead atoms. The Labute approximate surface area is 120 Å². The summed E-state index contributed by atoms with van der Waals surface area (Å²) < 4.78 is 40.2. The van der Waals surface area contributed by atoms with E-state index in [2.05, 4.69) is 0 Å². The Hall–Kier alpha value is -1.23. The zero-order valence-electron chi connectivity index (χ0n) is 10.8. The SMILES string of the molecule is O=C(c1c(F)cc(F)cc1F)N(CCCCl)C1CCC1. The average Bonchev–Trinajstić information content (AvgIpc) is 2.30. The van der Waals surface area contributed by atoms with Crippen LogP contribution in [0.5, 0.6) is 0 Å². The van der Waals surface area contributed by atoms with Crippen LogP contribution in [0.25, 0.3) is 0 Å². The van der Waals surface area contributed by atoms with Crippen molar-refractivity contribution >= 4 is 17.5 Å². The van der Waals surface area contributed by atoms with Gasteiger partial charge < -0.3 is 4.90 Å². The van der Waals surface area contributed by atoms with E-state index < -0.39 is 28.9 Å². The summed E-state index contributed by atoms with van der Waals surface area (Å²) in [5.74, 6) is -3.72. The van der Waals surface area contributed by atoms with Crippen LogP contribution >= 0.6 is 11.6 Å². The molecule has 0 radical (unpaired) electrons. The van der Waals surface area contributed by atoms with Crippen molar-refractivity contribution in [3.8, 4) is 0 Å². The Morgan fingerprint density at radius 1 is 1.25 bits per heavy atom. The highest BCUT2D eigenvalue weighted by molar-refractivity contribution is 6.17. The van der Waals surface area contributed by atoms with Crippen LogP contribution in [0.15, 0.2) is 12.1 Å². The van der Waals surface area contributed by atoms with Crippen LogP contribution < -0.4 is 0 Å². The summed E-state index contributed by atoms with van der Waals surface area (Å²) in [4.78, 5) is 13.8. The molecule has 1 fully saturated rings. The Kier molecular flexibility index (Phi) is 4.91. The molecule has 0 aromatic heterocycles. The second-order valence-electron chi connectivity index (χ2n) is 4.87. The number of hydrogen-bond acceptors (Lipinski definition) is 1. The first-order valence-electron chi connectivity index (χ1n) is 6.56. The molecule has 1 aromatic rings. The number of carbonyl (C=O) groups excluding carboxylic acids is 1. The molecule has 1 aromatic carbocycles. The molecular weight excluding hydrogens is 291 g/mol. The predicted octanol–water partition coefficient (Wildman–Crippen LogP) is 3.73. The van der Waals surface area contributed by atoms with Gasteiger partial charge in [-0.3, -0.25) is 4.79 Å². The molecule has 2 nitrogen and oxygen atoms in total. The Morgan fingerprint density at radius 3 is 2.30 bits per heavy atom. The first-order valence-corrected chi connectivity index (χ1v) is 7.09. The fraction of sp³-hybridized carbons (Fsp3) is 0.500. The van der Waals surface area contributed by atoms with Gasteiger partial charge in [0.05, 0.1) is 0 Å². The normalized spacial score (nSPS) is 15.0. The average molecular weight is 306 g/mol. The molecule has 1 amide bonds. The van der Waals surface area contributed by atoms with E-state index in [0.717, 1.165) is 19.3 Å². The Balaban J connectivity index is 2.26. The number of alkyl halides is 1. The lowest BCUT2D eigenvalue weighted by Crippen LogP contribution is -2.45. The monoisotopic (exact) mass is 305 g/mol. The lowest BCUT2D eigenvalue weighted by atomic mass is 9.90. The molecule has 0 spiro atoms. The van der Waals surface area contributed by atoms with Crippen LogP contribution in [0.1, 0.15) is 36.0 Å². The number of nitrogens with zero attached hydrogens (tertiary/aromatic N) is 1. The van der Waals surface area contributed by atoms with Crippen LogP contribution in [0, 0.1) is 17.5 Å². The maximum atomic E-state index is 13.7. The van der Waals surface area contributed by atoms with Crippen LogP contribution in [0.4, 0.5) is 13.2 Å². The molecule has 0 N–H and O–H groups in total. The molecule has 0 aliphatic heterocycles. The standard InChI is InChI=1S/C14H15ClF3NO/c15-5-2-6-19(10-3-1-4-10)14(20)13-11(17)7-9(16)8-12(13)18/h7-8,10H,1-6H2. The minimum Gasteiger partial charge on any atom is -0.335 e. The third-order valence-electron chi connectivity index (χ3n) is 3.53. The van der Waals surface area contributed by atoms with E-state index in [1.807, 2.05) is 0 Å². The molecule has 0 saturated heterocycles. The summed E-state index contributed by atoms with van der Waals surface area (Å²) in [5.41, 5.74) is -0.687. The zero-order valence-corrected chi connectivity index (χ0v) is 11.6. The molecule has 1 saturated carbocycles. The third kappa shape index (κ3) is 3.08. The maximum absolute atomic E-state index is 13.7. The van der Waals surface area contributed by atoms with Crippen molar-refractivity contribution in [2.75, 3.05) is 12.4 Å². The van der Waals surface area contributed by atoms with E-state index in [9.17, 15) is 18.0 Å². The molecular formula is C14H15ClF3NO. The number of benzene rings is 1. The minimum atomic E-state index is -1.16. The topological polar surface area (TPSA) is 20.3 Å². The van der Waals surface area contributed by atoms with Crippen LogP contribution in [0.3, 0.4) is 0 Å². The summed E-state index contributed by atoms with van der Waals surface area (Å²) in [7, 11) is 0. The van der Waals surface area contributed by atoms with Crippen molar-refractivity contribution < 1.29 is 18.0 Å². The van der Waals surface area contributed by atoms with Gasteiger partial charge in [0.1, 0.15) is 23.0 Å². The summed E-state index contributed by atoms with van der Waals surface area (Å²) in [6, 6.07) is 1.04. The van der Waals surface area contributed by atoms with Gasteiger partial charge in [0.25, 0.3) is 5.91 Å². The van der Waals surface area contributed by atoms with E-state index >= 15 is 0 Å². The molecule has 2 rings (SSSR count). The fourth-order valence-corrected chi connectivity index (χ4v) is 2.39. The number of carbonyl (C=O) groups is 1. The molecule has 1 aliphatic carbocycles. The predicted molar refractivity (Wildman–Crippen MR) is 70.3 cm³/mol. The smallest absolute Gasteiger partial charge is 0.260 e. The zero-order chi connectivity index (χ0) is 14.7. The fourth-order valence-electron chi connectivity index (χ4n) is 2.27. The van der Waals surface area contributed by atoms with Crippen molar-refractivity contribution in [2.24, 2.45) is 0 Å². The Bertz CT molecular complexity index is 482. The molecule has 0 heterocycles. The second kappa shape index (κ2) is 6.48. The minimum absolute atomic E-state index is 0.00503. The van der Waals surface area contributed by atoms with E-state index in [0.29, 0.717) is 31.0 Å². The van der Waals surface area contributed by atoms with Gasteiger partial charge >= 0.3 is 0 Å². The number of hydrogen-bond donors (Lipinski definition) is 0. The molecule has 0 unspecified atom stereocenters. The van der Waals surface area contributed by atoms with Gasteiger partial charge in [0.2, 0.25) is 0 Å². The molecule has 1 aliphatic rings. The molecule has 6 heteroatoms. The van der Waals surface area contributed by atoms with Crippen molar-refractivity contribution in [1.29, 1.82) is 0 Å². The highest BCUT2D eigenvalue weighted by Crippen LogP contribution is 2.28. The summed E-state index contributed by atoms with van der Waals surface area (Å²) >= 11 is 5.61. The highest BCUT2D eigenvalue weighted by Gasteiger charge is 2.32. The van der Waals surface area contributed by atoms with Crippen molar-refractivity contribution in [3.05, 3.63) is 35.1 Å². The van der Waals surface area contributed by atoms with Crippen molar-refractivity contribution in [1.82, 2.24) is 4.90 Å². The van der Waals surface area contributed by atoms with Gasteiger partial charge in [0, 0.05) is 30.6 Å². The van der Waals surface area contributed by atoms with E-state index in [1.165, 1.54) is 4.90 Å². The van der Waals surface area contributed by atoms with Gasteiger partial charge in [-0.25, -0.2) is 13.2 Å². The van der Waals surface area contributed by atoms with Crippen LogP contribution in [-0.4, -0.2) is 29.3 Å². The summed E-state index contributed by atoms with van der Waals surface area (Å²) in [6.07, 6.45) is 3.18. The second-order valence-corrected chi connectivity index (χ2v) is 5.25.